The summed E-state index contributed by atoms with van der Waals surface area (Å²) in [6, 6.07) is 13.0. The Bertz CT molecular complexity index is 666. The highest BCUT2D eigenvalue weighted by molar-refractivity contribution is 6.30. The van der Waals surface area contributed by atoms with Gasteiger partial charge < -0.3 is 20.6 Å². The van der Waals surface area contributed by atoms with Gasteiger partial charge in [-0.25, -0.2) is 0 Å². The average molecular weight is 332 g/mol. The second-order valence-corrected chi connectivity index (χ2v) is 6.50. The summed E-state index contributed by atoms with van der Waals surface area (Å²) < 4.78 is 0. The van der Waals surface area contributed by atoms with Crippen molar-refractivity contribution in [3.05, 3.63) is 58.6 Å². The number of aliphatic hydroxyl groups is 1. The van der Waals surface area contributed by atoms with E-state index in [2.05, 4.69) is 16.8 Å². The van der Waals surface area contributed by atoms with Gasteiger partial charge in [-0.3, -0.25) is 0 Å². The smallest absolute Gasteiger partial charge is 0.104 e. The second-order valence-electron chi connectivity index (χ2n) is 6.06. The molecule has 2 aromatic rings. The van der Waals surface area contributed by atoms with E-state index in [4.69, 9.17) is 17.3 Å². The highest BCUT2D eigenvalue weighted by Gasteiger charge is 2.18. The molecule has 3 rings (SSSR count). The Morgan fingerprint density at radius 3 is 2.22 bits per heavy atom. The van der Waals surface area contributed by atoms with Gasteiger partial charge in [0.05, 0.1) is 11.4 Å². The van der Waals surface area contributed by atoms with Crippen molar-refractivity contribution in [3.63, 3.8) is 0 Å². The van der Waals surface area contributed by atoms with Crippen molar-refractivity contribution in [1.29, 1.82) is 0 Å². The molecule has 0 bridgehead atoms. The van der Waals surface area contributed by atoms with Gasteiger partial charge in [-0.2, -0.15) is 0 Å². The molecule has 0 amide bonds. The molecule has 0 aromatic heterocycles. The number of benzene rings is 2. The van der Waals surface area contributed by atoms with Crippen LogP contribution in [-0.2, 0) is 0 Å². The maximum Gasteiger partial charge on any atom is 0.104 e. The molecular weight excluding hydrogens is 310 g/mol. The first-order valence-electron chi connectivity index (χ1n) is 7.81. The van der Waals surface area contributed by atoms with Crippen molar-refractivity contribution in [2.45, 2.75) is 6.10 Å². The van der Waals surface area contributed by atoms with Crippen LogP contribution in [0.25, 0.3) is 0 Å². The van der Waals surface area contributed by atoms with Crippen molar-refractivity contribution in [2.24, 2.45) is 0 Å². The van der Waals surface area contributed by atoms with Gasteiger partial charge in [0.25, 0.3) is 0 Å². The van der Waals surface area contributed by atoms with Crippen LogP contribution in [0.15, 0.2) is 42.5 Å². The van der Waals surface area contributed by atoms with Crippen molar-refractivity contribution in [3.8, 4) is 0 Å². The lowest BCUT2D eigenvalue weighted by molar-refractivity contribution is 0.220. The van der Waals surface area contributed by atoms with Gasteiger partial charge in [-0.05, 0) is 42.4 Å². The summed E-state index contributed by atoms with van der Waals surface area (Å²) in [6.45, 7) is 4.02. The van der Waals surface area contributed by atoms with Crippen LogP contribution in [0.2, 0.25) is 5.02 Å². The standard InChI is InChI=1S/C18H22ClN3O/c1-21-8-10-22(11-9-21)17-7-4-14(12-16(17)20)18(23)13-2-5-15(19)6-3-13/h2-7,12,18,23H,8-11,20H2,1H3/t18-/m1/s1. The molecule has 0 aliphatic carbocycles. The lowest BCUT2D eigenvalue weighted by Crippen LogP contribution is -2.44. The zero-order valence-electron chi connectivity index (χ0n) is 13.2. The van der Waals surface area contributed by atoms with E-state index < -0.39 is 6.10 Å². The van der Waals surface area contributed by atoms with Crippen molar-refractivity contribution in [2.75, 3.05) is 43.9 Å². The molecule has 23 heavy (non-hydrogen) atoms. The molecule has 1 aliphatic rings. The van der Waals surface area contributed by atoms with Crippen LogP contribution >= 0.6 is 11.6 Å². The summed E-state index contributed by atoms with van der Waals surface area (Å²) in [5, 5.41) is 11.2. The molecule has 1 aliphatic heterocycles. The van der Waals surface area contributed by atoms with Gasteiger partial charge in [0, 0.05) is 31.2 Å². The third-order valence-corrected chi connectivity index (χ3v) is 4.65. The van der Waals surface area contributed by atoms with E-state index in [1.54, 1.807) is 12.1 Å². The summed E-state index contributed by atoms with van der Waals surface area (Å²) >= 11 is 5.89. The number of nitrogens with two attached hydrogens (primary N) is 1. The second kappa shape index (κ2) is 6.79. The van der Waals surface area contributed by atoms with Gasteiger partial charge in [0.2, 0.25) is 0 Å². The predicted octanol–water partition coefficient (Wildman–Crippen LogP) is 2.76. The van der Waals surface area contributed by atoms with E-state index in [1.165, 1.54) is 0 Å². The number of hydrogen-bond donors (Lipinski definition) is 2. The van der Waals surface area contributed by atoms with Gasteiger partial charge in [-0.15, -0.1) is 0 Å². The molecule has 122 valence electrons. The van der Waals surface area contributed by atoms with Crippen LogP contribution in [0.4, 0.5) is 11.4 Å². The van der Waals surface area contributed by atoms with E-state index in [0.717, 1.165) is 43.0 Å². The van der Waals surface area contributed by atoms with Crippen LogP contribution in [0.5, 0.6) is 0 Å². The molecule has 5 heteroatoms. The molecule has 2 aromatic carbocycles. The minimum Gasteiger partial charge on any atom is -0.397 e. The average Bonchev–Trinajstić information content (AvgIpc) is 2.56. The topological polar surface area (TPSA) is 52.7 Å². The monoisotopic (exact) mass is 331 g/mol. The van der Waals surface area contributed by atoms with Gasteiger partial charge in [-0.1, -0.05) is 29.8 Å². The van der Waals surface area contributed by atoms with Crippen LogP contribution in [-0.4, -0.2) is 43.2 Å². The quantitative estimate of drug-likeness (QED) is 0.849. The number of nitrogens with zero attached hydrogens (tertiary/aromatic N) is 2. The number of nitrogen functional groups attached to an aromatic ring is 1. The van der Waals surface area contributed by atoms with E-state index in [1.807, 2.05) is 30.3 Å². The number of aliphatic hydroxyl groups excluding tert-OH is 1. The first kappa shape index (κ1) is 16.1. The molecule has 1 saturated heterocycles. The molecule has 0 saturated carbocycles. The Morgan fingerprint density at radius 1 is 1.00 bits per heavy atom. The number of likely N-dealkylation sites (N-methyl/N-ethyl adjacent to an activating group) is 1. The Hall–Kier alpha value is -1.75. The molecule has 0 unspecified atom stereocenters. The summed E-state index contributed by atoms with van der Waals surface area (Å²) in [7, 11) is 2.13. The first-order chi connectivity index (χ1) is 11.0. The Morgan fingerprint density at radius 2 is 1.61 bits per heavy atom. The number of hydrogen-bond acceptors (Lipinski definition) is 4. The van der Waals surface area contributed by atoms with Crippen LogP contribution in [0.3, 0.4) is 0 Å². The molecule has 1 heterocycles. The van der Waals surface area contributed by atoms with Crippen molar-refractivity contribution in [1.82, 2.24) is 4.90 Å². The number of piperazine rings is 1. The molecule has 0 spiro atoms. The lowest BCUT2D eigenvalue weighted by atomic mass is 10.0. The summed E-state index contributed by atoms with van der Waals surface area (Å²) in [5.41, 5.74) is 9.59. The van der Waals surface area contributed by atoms with E-state index in [9.17, 15) is 5.11 Å². The Balaban J connectivity index is 1.80. The fourth-order valence-electron chi connectivity index (χ4n) is 2.92. The predicted molar refractivity (Wildman–Crippen MR) is 96.1 cm³/mol. The number of halogens is 1. The summed E-state index contributed by atoms with van der Waals surface area (Å²) in [6.07, 6.45) is -0.698. The Kier molecular flexibility index (Phi) is 4.76. The fraction of sp³-hybridized carbons (Fsp3) is 0.333. The normalized spacial score (nSPS) is 17.3. The minimum atomic E-state index is -0.698. The van der Waals surface area contributed by atoms with Crippen LogP contribution in [0.1, 0.15) is 17.2 Å². The van der Waals surface area contributed by atoms with Gasteiger partial charge in [0.1, 0.15) is 6.10 Å². The largest absolute Gasteiger partial charge is 0.397 e. The van der Waals surface area contributed by atoms with Crippen molar-refractivity contribution < 1.29 is 5.11 Å². The zero-order chi connectivity index (χ0) is 16.4. The molecule has 0 radical (unpaired) electrons. The summed E-state index contributed by atoms with van der Waals surface area (Å²) in [4.78, 5) is 4.61. The highest BCUT2D eigenvalue weighted by atomic mass is 35.5. The number of anilines is 2. The minimum absolute atomic E-state index is 0.658. The summed E-state index contributed by atoms with van der Waals surface area (Å²) in [5.74, 6) is 0. The first-order valence-corrected chi connectivity index (χ1v) is 8.19. The van der Waals surface area contributed by atoms with Crippen LogP contribution in [0, 0.1) is 0 Å². The van der Waals surface area contributed by atoms with E-state index in [-0.39, 0.29) is 0 Å². The highest BCUT2D eigenvalue weighted by Crippen LogP contribution is 2.30. The molecule has 1 atom stereocenters. The van der Waals surface area contributed by atoms with E-state index in [0.29, 0.717) is 10.7 Å². The van der Waals surface area contributed by atoms with Gasteiger partial charge in [0.15, 0.2) is 0 Å². The zero-order valence-corrected chi connectivity index (χ0v) is 14.0. The molecule has 1 fully saturated rings. The SMILES string of the molecule is CN1CCN(c2ccc([C@H](O)c3ccc(Cl)cc3)cc2N)CC1. The third kappa shape index (κ3) is 3.61. The van der Waals surface area contributed by atoms with Gasteiger partial charge >= 0.3 is 0 Å². The van der Waals surface area contributed by atoms with Crippen LogP contribution < -0.4 is 10.6 Å². The van der Waals surface area contributed by atoms with Crippen molar-refractivity contribution >= 4 is 23.0 Å². The fourth-order valence-corrected chi connectivity index (χ4v) is 3.04. The molecule has 3 N–H and O–H groups in total. The molecule has 4 nitrogen and oxygen atoms in total. The maximum atomic E-state index is 10.5. The third-order valence-electron chi connectivity index (χ3n) is 4.40. The lowest BCUT2D eigenvalue weighted by Gasteiger charge is -2.34. The van der Waals surface area contributed by atoms with E-state index >= 15 is 0 Å². The molecular formula is C18H22ClN3O. The Labute approximate surface area is 142 Å². The number of rotatable bonds is 3. The maximum absolute atomic E-state index is 10.5.